The maximum Gasteiger partial charge on any atom is 0.147 e. The minimum absolute atomic E-state index is 0.662. The van der Waals surface area contributed by atoms with Gasteiger partial charge in [0, 0.05) is 12.1 Å². The van der Waals surface area contributed by atoms with Crippen molar-refractivity contribution in [2.75, 3.05) is 6.54 Å². The fraction of sp³-hybridized carbons (Fsp3) is 0.429. The maximum absolute atomic E-state index is 4.24. The van der Waals surface area contributed by atoms with Crippen molar-refractivity contribution in [2.24, 2.45) is 5.92 Å². The number of hydrogen-bond donors (Lipinski definition) is 1. The second-order valence-corrected chi connectivity index (χ2v) is 5.95. The molecule has 4 heteroatoms. The second-order valence-electron chi connectivity index (χ2n) is 4.89. The quantitative estimate of drug-likeness (QED) is 0.897. The van der Waals surface area contributed by atoms with Gasteiger partial charge in [0.15, 0.2) is 0 Å². The van der Waals surface area contributed by atoms with Crippen LogP contribution in [0.1, 0.15) is 24.4 Å². The molecule has 2 aromatic rings. The average molecular weight is 261 g/mol. The molecule has 0 radical (unpaired) electrons. The summed E-state index contributed by atoms with van der Waals surface area (Å²) >= 11 is 1.66. The largest absolute Gasteiger partial charge is 0.310 e. The van der Waals surface area contributed by atoms with Crippen molar-refractivity contribution in [1.29, 1.82) is 0 Å². The van der Waals surface area contributed by atoms with E-state index in [0.717, 1.165) is 28.7 Å². The fourth-order valence-electron chi connectivity index (χ4n) is 1.61. The van der Waals surface area contributed by atoms with E-state index < -0.39 is 0 Å². The van der Waals surface area contributed by atoms with Crippen LogP contribution in [-0.4, -0.2) is 16.7 Å². The lowest BCUT2D eigenvalue weighted by Gasteiger charge is -2.03. The molecule has 1 aromatic carbocycles. The van der Waals surface area contributed by atoms with Gasteiger partial charge in [-0.1, -0.05) is 55.0 Å². The Kier molecular flexibility index (Phi) is 4.44. The van der Waals surface area contributed by atoms with E-state index in [1.54, 1.807) is 11.3 Å². The molecular weight excluding hydrogens is 242 g/mol. The van der Waals surface area contributed by atoms with Gasteiger partial charge in [0.1, 0.15) is 10.0 Å². The van der Waals surface area contributed by atoms with Gasteiger partial charge in [-0.05, 0) is 19.4 Å². The van der Waals surface area contributed by atoms with Crippen molar-refractivity contribution in [3.63, 3.8) is 0 Å². The molecule has 0 atom stereocenters. The van der Waals surface area contributed by atoms with E-state index in [9.17, 15) is 0 Å². The molecule has 0 aliphatic carbocycles. The molecule has 1 heterocycles. The van der Waals surface area contributed by atoms with E-state index in [-0.39, 0.29) is 0 Å². The molecule has 0 spiro atoms. The summed E-state index contributed by atoms with van der Waals surface area (Å²) in [7, 11) is 0. The van der Waals surface area contributed by atoms with E-state index in [1.165, 1.54) is 5.56 Å². The van der Waals surface area contributed by atoms with Crippen LogP contribution in [-0.2, 0) is 6.54 Å². The Hall–Kier alpha value is -1.26. The minimum atomic E-state index is 0.662. The molecule has 1 aromatic heterocycles. The van der Waals surface area contributed by atoms with Crippen molar-refractivity contribution in [1.82, 2.24) is 15.5 Å². The first-order valence-electron chi connectivity index (χ1n) is 6.25. The molecule has 0 saturated carbocycles. The van der Waals surface area contributed by atoms with Crippen molar-refractivity contribution in [3.05, 3.63) is 34.8 Å². The van der Waals surface area contributed by atoms with Crippen LogP contribution in [0.4, 0.5) is 0 Å². The summed E-state index contributed by atoms with van der Waals surface area (Å²) < 4.78 is 0. The van der Waals surface area contributed by atoms with Gasteiger partial charge in [0.2, 0.25) is 0 Å². The molecule has 0 amide bonds. The lowest BCUT2D eigenvalue weighted by Crippen LogP contribution is -2.18. The van der Waals surface area contributed by atoms with Crippen LogP contribution < -0.4 is 5.32 Å². The molecule has 18 heavy (non-hydrogen) atoms. The van der Waals surface area contributed by atoms with Crippen molar-refractivity contribution >= 4 is 11.3 Å². The summed E-state index contributed by atoms with van der Waals surface area (Å²) in [6, 6.07) is 8.41. The van der Waals surface area contributed by atoms with Crippen molar-refractivity contribution in [2.45, 2.75) is 27.3 Å². The molecule has 3 nitrogen and oxygen atoms in total. The van der Waals surface area contributed by atoms with Crippen LogP contribution in [0.2, 0.25) is 0 Å². The van der Waals surface area contributed by atoms with Crippen LogP contribution in [0.25, 0.3) is 10.6 Å². The Balaban J connectivity index is 1.99. The Morgan fingerprint density at radius 3 is 2.56 bits per heavy atom. The highest BCUT2D eigenvalue weighted by Crippen LogP contribution is 2.23. The number of benzene rings is 1. The first-order valence-corrected chi connectivity index (χ1v) is 7.07. The highest BCUT2D eigenvalue weighted by atomic mass is 32.1. The average Bonchev–Trinajstić information content (AvgIpc) is 2.78. The number of nitrogens with zero attached hydrogens (tertiary/aromatic N) is 2. The SMILES string of the molecule is Cc1ccc(-c2nnc(CNCC(C)C)s2)cc1. The third kappa shape index (κ3) is 3.62. The van der Waals surface area contributed by atoms with Gasteiger partial charge in [-0.25, -0.2) is 0 Å². The Morgan fingerprint density at radius 1 is 1.17 bits per heavy atom. The standard InChI is InChI=1S/C14H19N3S/c1-10(2)8-15-9-13-16-17-14(18-13)12-6-4-11(3)5-7-12/h4-7,10,15H,8-9H2,1-3H3. The summed E-state index contributed by atoms with van der Waals surface area (Å²) in [5.41, 5.74) is 2.41. The number of aryl methyl sites for hydroxylation is 1. The van der Waals surface area contributed by atoms with Gasteiger partial charge in [0.05, 0.1) is 0 Å². The molecule has 2 rings (SSSR count). The summed E-state index contributed by atoms with van der Waals surface area (Å²) in [5.74, 6) is 0.662. The molecule has 1 N–H and O–H groups in total. The van der Waals surface area contributed by atoms with Crippen LogP contribution >= 0.6 is 11.3 Å². The Morgan fingerprint density at radius 2 is 1.89 bits per heavy atom. The highest BCUT2D eigenvalue weighted by Gasteiger charge is 2.06. The van der Waals surface area contributed by atoms with Crippen LogP contribution in [0, 0.1) is 12.8 Å². The summed E-state index contributed by atoms with van der Waals surface area (Å²) in [4.78, 5) is 0. The zero-order valence-corrected chi connectivity index (χ0v) is 11.9. The van der Waals surface area contributed by atoms with Gasteiger partial charge in [-0.3, -0.25) is 0 Å². The summed E-state index contributed by atoms with van der Waals surface area (Å²) in [6.07, 6.45) is 0. The Labute approximate surface area is 112 Å². The fourth-order valence-corrected chi connectivity index (χ4v) is 2.42. The number of aromatic nitrogens is 2. The molecule has 0 saturated heterocycles. The minimum Gasteiger partial charge on any atom is -0.310 e. The predicted molar refractivity (Wildman–Crippen MR) is 76.6 cm³/mol. The van der Waals surface area contributed by atoms with Crippen LogP contribution in [0.3, 0.4) is 0 Å². The number of nitrogens with one attached hydrogen (secondary N) is 1. The van der Waals surface area contributed by atoms with E-state index in [1.807, 2.05) is 0 Å². The molecular formula is C14H19N3S. The van der Waals surface area contributed by atoms with Crippen molar-refractivity contribution < 1.29 is 0 Å². The zero-order valence-electron chi connectivity index (χ0n) is 11.1. The molecule has 0 aliphatic rings. The summed E-state index contributed by atoms with van der Waals surface area (Å²) in [6.45, 7) is 8.31. The van der Waals surface area contributed by atoms with Gasteiger partial charge in [-0.15, -0.1) is 10.2 Å². The van der Waals surface area contributed by atoms with Crippen LogP contribution in [0.15, 0.2) is 24.3 Å². The van der Waals surface area contributed by atoms with Crippen LogP contribution in [0.5, 0.6) is 0 Å². The predicted octanol–water partition coefficient (Wildman–Crippen LogP) is 3.26. The highest BCUT2D eigenvalue weighted by molar-refractivity contribution is 7.14. The first kappa shape index (κ1) is 13.2. The number of hydrogen-bond acceptors (Lipinski definition) is 4. The normalized spacial score (nSPS) is 11.1. The van der Waals surface area contributed by atoms with E-state index in [2.05, 4.69) is 60.6 Å². The topological polar surface area (TPSA) is 37.8 Å². The zero-order chi connectivity index (χ0) is 13.0. The number of rotatable bonds is 5. The molecule has 0 unspecified atom stereocenters. The van der Waals surface area contributed by atoms with E-state index >= 15 is 0 Å². The van der Waals surface area contributed by atoms with Crippen molar-refractivity contribution in [3.8, 4) is 10.6 Å². The molecule has 0 aliphatic heterocycles. The molecule has 96 valence electrons. The third-order valence-corrected chi connectivity index (χ3v) is 3.57. The first-order chi connectivity index (χ1) is 8.65. The lowest BCUT2D eigenvalue weighted by atomic mass is 10.2. The Bertz CT molecular complexity index is 488. The summed E-state index contributed by atoms with van der Waals surface area (Å²) in [5, 5.41) is 13.9. The van der Waals surface area contributed by atoms with Gasteiger partial charge in [-0.2, -0.15) is 0 Å². The third-order valence-electron chi connectivity index (χ3n) is 2.59. The van der Waals surface area contributed by atoms with Gasteiger partial charge < -0.3 is 5.32 Å². The lowest BCUT2D eigenvalue weighted by molar-refractivity contribution is 0.550. The van der Waals surface area contributed by atoms with Gasteiger partial charge >= 0.3 is 0 Å². The van der Waals surface area contributed by atoms with E-state index in [4.69, 9.17) is 0 Å². The maximum atomic E-state index is 4.24. The van der Waals surface area contributed by atoms with Gasteiger partial charge in [0.25, 0.3) is 0 Å². The monoisotopic (exact) mass is 261 g/mol. The second kappa shape index (κ2) is 6.07. The van der Waals surface area contributed by atoms with E-state index in [0.29, 0.717) is 5.92 Å². The molecule has 0 bridgehead atoms. The molecule has 0 fully saturated rings. The smallest absolute Gasteiger partial charge is 0.147 e.